The molecule has 3 rings (SSSR count). The van der Waals surface area contributed by atoms with Crippen LogP contribution in [0.15, 0.2) is 60.7 Å². The van der Waals surface area contributed by atoms with Gasteiger partial charge in [-0.3, -0.25) is 0 Å². The minimum Gasteiger partial charge on any atom is -0.206 e. The summed E-state index contributed by atoms with van der Waals surface area (Å²) in [6.45, 7) is 2.01. The van der Waals surface area contributed by atoms with Crippen molar-refractivity contribution >= 4 is 21.5 Å². The van der Waals surface area contributed by atoms with E-state index in [0.717, 1.165) is 21.7 Å². The third-order valence-electron chi connectivity index (χ3n) is 3.19. The summed E-state index contributed by atoms with van der Waals surface area (Å²) in [7, 11) is 0. The van der Waals surface area contributed by atoms with Gasteiger partial charge in [0.05, 0.1) is 0 Å². The number of hydrogen-bond acceptors (Lipinski definition) is 0. The summed E-state index contributed by atoms with van der Waals surface area (Å²) in [6.07, 6.45) is 0. The molecule has 0 N–H and O–H groups in total. The van der Waals surface area contributed by atoms with Gasteiger partial charge in [-0.15, -0.1) is 0 Å². The molecule has 3 aromatic carbocycles. The molecule has 0 heterocycles. The molecule has 18 heavy (non-hydrogen) atoms. The lowest BCUT2D eigenvalue weighted by Gasteiger charge is -2.02. The summed E-state index contributed by atoms with van der Waals surface area (Å²) < 4.78 is 13.9. The molecule has 0 aliphatic rings. The number of hydrogen-bond donors (Lipinski definition) is 0. The Morgan fingerprint density at radius 2 is 1.61 bits per heavy atom. The Labute approximate surface area is 105 Å². The van der Waals surface area contributed by atoms with Crippen LogP contribution in [0.4, 0.5) is 4.39 Å². The molecule has 0 aliphatic heterocycles. The van der Waals surface area contributed by atoms with Crippen molar-refractivity contribution in [1.29, 1.82) is 0 Å². The van der Waals surface area contributed by atoms with E-state index < -0.39 is 0 Å². The van der Waals surface area contributed by atoms with E-state index in [4.69, 9.17) is 0 Å². The zero-order valence-electron chi connectivity index (χ0n) is 10.2. The van der Waals surface area contributed by atoms with Crippen molar-refractivity contribution in [3.05, 3.63) is 72.0 Å². The van der Waals surface area contributed by atoms with Gasteiger partial charge in [0.1, 0.15) is 5.82 Å². The first-order valence-corrected chi connectivity index (χ1v) is 5.99. The van der Waals surface area contributed by atoms with Gasteiger partial charge in [0.15, 0.2) is 0 Å². The van der Waals surface area contributed by atoms with Gasteiger partial charge in [-0.25, -0.2) is 4.39 Å². The number of benzene rings is 2. The molecule has 0 atom stereocenters. The van der Waals surface area contributed by atoms with Gasteiger partial charge in [-0.1, -0.05) is 54.1 Å². The van der Waals surface area contributed by atoms with Crippen LogP contribution >= 0.6 is 0 Å². The van der Waals surface area contributed by atoms with Crippen molar-refractivity contribution in [3.8, 4) is 0 Å². The van der Waals surface area contributed by atoms with E-state index in [1.165, 1.54) is 6.07 Å². The third-order valence-corrected chi connectivity index (χ3v) is 3.19. The number of halogens is 1. The molecule has 1 heteroatoms. The largest absolute Gasteiger partial charge is 0.206 e. The molecule has 0 saturated heterocycles. The minimum atomic E-state index is -0.173. The second kappa shape index (κ2) is 4.26. The molecule has 0 saturated carbocycles. The third kappa shape index (κ3) is 1.88. The fourth-order valence-electron chi connectivity index (χ4n) is 2.19. The molecule has 0 radical (unpaired) electrons. The van der Waals surface area contributed by atoms with Crippen molar-refractivity contribution < 1.29 is 4.39 Å². The van der Waals surface area contributed by atoms with E-state index in [-0.39, 0.29) is 5.82 Å². The first-order valence-electron chi connectivity index (χ1n) is 5.99. The second-order valence-corrected chi connectivity index (χ2v) is 4.54. The van der Waals surface area contributed by atoms with Crippen molar-refractivity contribution in [2.75, 3.05) is 0 Å². The summed E-state index contributed by atoms with van der Waals surface area (Å²) in [6, 6.07) is 19.3. The van der Waals surface area contributed by atoms with Crippen LogP contribution in [0.3, 0.4) is 0 Å². The predicted octanol–water partition coefficient (Wildman–Crippen LogP) is 5.00. The van der Waals surface area contributed by atoms with Crippen molar-refractivity contribution in [3.63, 3.8) is 0 Å². The zero-order valence-corrected chi connectivity index (χ0v) is 10.2. The van der Waals surface area contributed by atoms with Gasteiger partial charge in [-0.2, -0.15) is 0 Å². The van der Waals surface area contributed by atoms with Crippen molar-refractivity contribution in [2.24, 2.45) is 0 Å². The van der Waals surface area contributed by atoms with E-state index in [9.17, 15) is 4.39 Å². The molecule has 0 amide bonds. The molecule has 0 aromatic heterocycles. The summed E-state index contributed by atoms with van der Waals surface area (Å²) in [5.41, 5.74) is 1.10. The lowest BCUT2D eigenvalue weighted by atomic mass is 10.0. The van der Waals surface area contributed by atoms with E-state index in [0.29, 0.717) is 5.39 Å². The second-order valence-electron chi connectivity index (χ2n) is 4.54. The Morgan fingerprint density at radius 3 is 2.50 bits per heavy atom. The smallest absolute Gasteiger partial charge is 0.131 e. The van der Waals surface area contributed by atoms with Crippen LogP contribution in [0.5, 0.6) is 0 Å². The lowest BCUT2D eigenvalue weighted by molar-refractivity contribution is 0.640. The van der Waals surface area contributed by atoms with Crippen molar-refractivity contribution in [2.45, 2.75) is 6.92 Å². The summed E-state index contributed by atoms with van der Waals surface area (Å²) in [5.74, 6) is -0.173. The first kappa shape index (κ1) is 11.0. The highest BCUT2D eigenvalue weighted by Crippen LogP contribution is 2.24. The standard InChI is InChI=1S/C17H13F/c1-12-3-2-4-13-6-7-14-8-10-17(18)15(9-5-12)16(14)11-13/h2-11H,1H3. The highest BCUT2D eigenvalue weighted by atomic mass is 19.1. The lowest BCUT2D eigenvalue weighted by Crippen LogP contribution is -1.80. The van der Waals surface area contributed by atoms with Crippen LogP contribution in [-0.4, -0.2) is 0 Å². The van der Waals surface area contributed by atoms with Gasteiger partial charge < -0.3 is 0 Å². The Bertz CT molecular complexity index is 758. The Kier molecular flexibility index (Phi) is 2.60. The highest BCUT2D eigenvalue weighted by molar-refractivity contribution is 6.00. The molecule has 0 nitrogen and oxygen atoms in total. The van der Waals surface area contributed by atoms with E-state index in [1.807, 2.05) is 55.5 Å². The molecular weight excluding hydrogens is 223 g/mol. The van der Waals surface area contributed by atoms with Crippen LogP contribution in [0.25, 0.3) is 21.5 Å². The van der Waals surface area contributed by atoms with Gasteiger partial charge >= 0.3 is 0 Å². The molecular formula is C17H13F. The molecule has 0 spiro atoms. The maximum atomic E-state index is 13.9. The average molecular weight is 236 g/mol. The van der Waals surface area contributed by atoms with E-state index in [2.05, 4.69) is 6.07 Å². The van der Waals surface area contributed by atoms with Crippen LogP contribution in [0.2, 0.25) is 0 Å². The molecule has 2 bridgehead atoms. The minimum absolute atomic E-state index is 0.173. The number of aryl methyl sites for hydroxylation is 1. The monoisotopic (exact) mass is 236 g/mol. The fourth-order valence-corrected chi connectivity index (χ4v) is 2.19. The Morgan fingerprint density at radius 1 is 0.778 bits per heavy atom. The van der Waals surface area contributed by atoms with E-state index >= 15 is 0 Å². The zero-order chi connectivity index (χ0) is 12.5. The number of rotatable bonds is 0. The average Bonchev–Trinajstić information content (AvgIpc) is 2.37. The fraction of sp³-hybridized carbons (Fsp3) is 0.0588. The Balaban J connectivity index is 2.58. The molecule has 88 valence electrons. The molecule has 0 aliphatic carbocycles. The van der Waals surface area contributed by atoms with Gasteiger partial charge in [0, 0.05) is 5.39 Å². The number of fused-ring (bicyclic) bond motifs is 1. The maximum Gasteiger partial charge on any atom is 0.131 e. The van der Waals surface area contributed by atoms with Crippen LogP contribution in [0.1, 0.15) is 5.56 Å². The SMILES string of the molecule is Cc1cccc2ccc3ccc(F)c(cc1)c3c2. The molecule has 0 fully saturated rings. The quantitative estimate of drug-likeness (QED) is 0.515. The first-order chi connectivity index (χ1) is 8.74. The van der Waals surface area contributed by atoms with Crippen molar-refractivity contribution in [1.82, 2.24) is 0 Å². The predicted molar refractivity (Wildman–Crippen MR) is 75.0 cm³/mol. The molecule has 0 unspecified atom stereocenters. The summed E-state index contributed by atoms with van der Waals surface area (Å²) in [5, 5.41) is 3.78. The Hall–Kier alpha value is -2.15. The highest BCUT2D eigenvalue weighted by Gasteiger charge is 2.01. The maximum absolute atomic E-state index is 13.9. The van der Waals surface area contributed by atoms with Crippen LogP contribution in [0, 0.1) is 12.7 Å². The summed E-state index contributed by atoms with van der Waals surface area (Å²) in [4.78, 5) is 0. The van der Waals surface area contributed by atoms with Crippen LogP contribution < -0.4 is 0 Å². The summed E-state index contributed by atoms with van der Waals surface area (Å²) >= 11 is 0. The normalized spacial score (nSPS) is 10.8. The van der Waals surface area contributed by atoms with E-state index in [1.54, 1.807) is 0 Å². The molecule has 3 aromatic rings. The van der Waals surface area contributed by atoms with Crippen LogP contribution in [-0.2, 0) is 0 Å². The van der Waals surface area contributed by atoms with Gasteiger partial charge in [0.25, 0.3) is 0 Å². The topological polar surface area (TPSA) is 0 Å². The van der Waals surface area contributed by atoms with Gasteiger partial charge in [-0.05, 0) is 35.2 Å². The van der Waals surface area contributed by atoms with Gasteiger partial charge in [0.2, 0.25) is 0 Å².